The van der Waals surface area contributed by atoms with Crippen LogP contribution in [0.15, 0.2) is 30.3 Å². The molecule has 0 saturated carbocycles. The molecule has 0 nitrogen and oxygen atoms in total. The van der Waals surface area contributed by atoms with Crippen LogP contribution in [0.3, 0.4) is 0 Å². The molecule has 0 atom stereocenters. The van der Waals surface area contributed by atoms with Crippen LogP contribution >= 0.6 is 12.6 Å². The summed E-state index contributed by atoms with van der Waals surface area (Å²) >= 11 is 4.69. The van der Waals surface area contributed by atoms with Crippen LogP contribution in [0.1, 0.15) is 5.56 Å². The van der Waals surface area contributed by atoms with E-state index in [2.05, 4.69) is 0 Å². The molecule has 1 aromatic carbocycles. The minimum atomic E-state index is 1.10. The number of rotatable bonds is 1. The third kappa shape index (κ3) is 1.27. The van der Waals surface area contributed by atoms with Gasteiger partial charge in [0.1, 0.15) is 0 Å². The summed E-state index contributed by atoms with van der Waals surface area (Å²) in [6.45, 7) is 0. The first-order chi connectivity index (χ1) is 3.93. The molecule has 0 aromatic heterocycles. The Labute approximate surface area is 55.0 Å². The fourth-order valence-electron chi connectivity index (χ4n) is 0.532. The van der Waals surface area contributed by atoms with Crippen LogP contribution in [0.5, 0.6) is 0 Å². The summed E-state index contributed by atoms with van der Waals surface area (Å²) in [4.78, 5) is 0. The van der Waals surface area contributed by atoms with Crippen LogP contribution in [0.2, 0.25) is 0 Å². The van der Waals surface area contributed by atoms with Crippen molar-refractivity contribution in [3.8, 4) is 0 Å². The highest BCUT2D eigenvalue weighted by atomic mass is 32.1. The molecule has 8 heavy (non-hydrogen) atoms. The van der Waals surface area contributed by atoms with E-state index in [9.17, 15) is 0 Å². The Hall–Kier alpha value is -0.430. The minimum Gasteiger partial charge on any atom is -0.0837 e. The summed E-state index contributed by atoms with van der Waals surface area (Å²) < 4.78 is 0. The Bertz CT molecular complexity index is 146. The molecule has 0 aliphatic rings. The third-order valence-corrected chi connectivity index (χ3v) is 1.21. The van der Waals surface area contributed by atoms with Gasteiger partial charge in [-0.05, 0) is 5.56 Å². The second-order valence-electron chi connectivity index (χ2n) is 1.53. The van der Waals surface area contributed by atoms with Crippen molar-refractivity contribution in [3.63, 3.8) is 0 Å². The van der Waals surface area contributed by atoms with Gasteiger partial charge in [0.2, 0.25) is 0 Å². The average Bonchev–Trinajstić information content (AvgIpc) is 1.90. The van der Waals surface area contributed by atoms with E-state index < -0.39 is 0 Å². The van der Waals surface area contributed by atoms with Crippen LogP contribution in [0, 0.1) is 5.75 Å². The Kier molecular flexibility index (Phi) is 1.98. The van der Waals surface area contributed by atoms with Crippen molar-refractivity contribution in [1.29, 1.82) is 0 Å². The van der Waals surface area contributed by atoms with E-state index in [0.29, 0.717) is 0 Å². The molecule has 0 amide bonds. The van der Waals surface area contributed by atoms with Crippen molar-refractivity contribution in [1.82, 2.24) is 0 Å². The zero-order valence-electron chi connectivity index (χ0n) is 4.37. The lowest BCUT2D eigenvalue weighted by atomic mass is 10.2. The third-order valence-electron chi connectivity index (χ3n) is 0.936. The highest BCUT2D eigenvalue weighted by molar-refractivity contribution is 7.82. The first-order valence-electron chi connectivity index (χ1n) is 2.44. The summed E-state index contributed by atoms with van der Waals surface area (Å²) in [5.41, 5.74) is 1.10. The molecular weight excluding hydrogens is 116 g/mol. The first kappa shape index (κ1) is 5.70. The summed E-state index contributed by atoms with van der Waals surface area (Å²) in [6, 6.07) is 9.87. The normalized spacial score (nSPS) is 9.12. The summed E-state index contributed by atoms with van der Waals surface area (Å²) in [5, 5.41) is 0. The SMILES string of the molecule is [S][CH]c1ccccc1. The van der Waals surface area contributed by atoms with E-state index in [1.165, 1.54) is 0 Å². The minimum absolute atomic E-state index is 1.10. The topological polar surface area (TPSA) is 0 Å². The molecule has 1 rings (SSSR count). The molecule has 40 valence electrons. The largest absolute Gasteiger partial charge is 0.0837 e. The van der Waals surface area contributed by atoms with Crippen LogP contribution in [-0.2, 0) is 0 Å². The van der Waals surface area contributed by atoms with Gasteiger partial charge in [-0.3, -0.25) is 0 Å². The predicted molar refractivity (Wildman–Crippen MR) is 37.4 cm³/mol. The monoisotopic (exact) mass is 122 g/mol. The molecule has 2 radical (unpaired) electrons. The standard InChI is InChI=1S/C7H6S/c8-6-7-4-2-1-3-5-7/h1-6H. The summed E-state index contributed by atoms with van der Waals surface area (Å²) in [7, 11) is 0. The smallest absolute Gasteiger partial charge is 0.0569 e. The van der Waals surface area contributed by atoms with E-state index in [-0.39, 0.29) is 0 Å². The van der Waals surface area contributed by atoms with E-state index in [4.69, 9.17) is 12.6 Å². The van der Waals surface area contributed by atoms with Gasteiger partial charge in [-0.15, -0.1) is 0 Å². The predicted octanol–water partition coefficient (Wildman–Crippen LogP) is 2.39. The zero-order valence-corrected chi connectivity index (χ0v) is 5.19. The van der Waals surface area contributed by atoms with Crippen LogP contribution in [0.25, 0.3) is 0 Å². The molecule has 0 N–H and O–H groups in total. The second kappa shape index (κ2) is 2.78. The van der Waals surface area contributed by atoms with Gasteiger partial charge in [0.25, 0.3) is 0 Å². The molecule has 0 heterocycles. The fraction of sp³-hybridized carbons (Fsp3) is 0. The maximum Gasteiger partial charge on any atom is 0.0569 e. The van der Waals surface area contributed by atoms with Crippen LogP contribution in [-0.4, -0.2) is 0 Å². The van der Waals surface area contributed by atoms with Gasteiger partial charge in [0, 0.05) is 0 Å². The maximum absolute atomic E-state index is 4.69. The van der Waals surface area contributed by atoms with Crippen LogP contribution in [0.4, 0.5) is 0 Å². The Morgan fingerprint density at radius 1 is 1.12 bits per heavy atom. The molecule has 0 bridgehead atoms. The van der Waals surface area contributed by atoms with Crippen molar-refractivity contribution in [2.75, 3.05) is 0 Å². The van der Waals surface area contributed by atoms with Gasteiger partial charge in [-0.1, -0.05) is 43.0 Å². The molecule has 0 aliphatic heterocycles. The van der Waals surface area contributed by atoms with E-state index in [0.717, 1.165) is 5.56 Å². The zero-order chi connectivity index (χ0) is 5.82. The summed E-state index contributed by atoms with van der Waals surface area (Å²) in [6.07, 6.45) is 0. The van der Waals surface area contributed by atoms with Crippen molar-refractivity contribution in [2.45, 2.75) is 0 Å². The van der Waals surface area contributed by atoms with E-state index in [1.807, 2.05) is 30.3 Å². The highest BCUT2D eigenvalue weighted by Crippen LogP contribution is 2.02. The Morgan fingerprint density at radius 2 is 1.75 bits per heavy atom. The number of hydrogen-bond donors (Lipinski definition) is 0. The van der Waals surface area contributed by atoms with Gasteiger partial charge >= 0.3 is 0 Å². The fourth-order valence-corrected chi connectivity index (χ4v) is 0.689. The quantitative estimate of drug-likeness (QED) is 0.536. The van der Waals surface area contributed by atoms with Crippen molar-refractivity contribution < 1.29 is 0 Å². The molecular formula is C7H6S. The molecule has 0 saturated heterocycles. The van der Waals surface area contributed by atoms with Crippen LogP contribution < -0.4 is 0 Å². The van der Waals surface area contributed by atoms with E-state index >= 15 is 0 Å². The van der Waals surface area contributed by atoms with Gasteiger partial charge < -0.3 is 0 Å². The average molecular weight is 122 g/mol. The van der Waals surface area contributed by atoms with Crippen molar-refractivity contribution in [2.24, 2.45) is 0 Å². The molecule has 0 aliphatic carbocycles. The Balaban J connectivity index is 2.83. The molecule has 1 heteroatoms. The van der Waals surface area contributed by atoms with Gasteiger partial charge in [0.15, 0.2) is 0 Å². The lowest BCUT2D eigenvalue weighted by molar-refractivity contribution is 1.60. The van der Waals surface area contributed by atoms with Gasteiger partial charge in [0.05, 0.1) is 5.75 Å². The molecule has 0 unspecified atom stereocenters. The highest BCUT2D eigenvalue weighted by Gasteiger charge is 1.82. The van der Waals surface area contributed by atoms with E-state index in [1.54, 1.807) is 5.75 Å². The second-order valence-corrected chi connectivity index (χ2v) is 1.76. The number of hydrogen-bond acceptors (Lipinski definition) is 0. The molecule has 0 spiro atoms. The molecule has 1 aromatic rings. The maximum atomic E-state index is 4.69. The molecule has 0 fully saturated rings. The summed E-state index contributed by atoms with van der Waals surface area (Å²) in [5.74, 6) is 1.67. The van der Waals surface area contributed by atoms with Crippen molar-refractivity contribution in [3.05, 3.63) is 41.6 Å². The van der Waals surface area contributed by atoms with Crippen molar-refractivity contribution >= 4 is 12.6 Å². The van der Waals surface area contributed by atoms with Gasteiger partial charge in [-0.25, -0.2) is 0 Å². The first-order valence-corrected chi connectivity index (χ1v) is 2.91. The van der Waals surface area contributed by atoms with Gasteiger partial charge in [-0.2, -0.15) is 0 Å². The Morgan fingerprint density at radius 3 is 2.12 bits per heavy atom. The lowest BCUT2D eigenvalue weighted by Crippen LogP contribution is -1.68. The number of benzene rings is 1. The lowest BCUT2D eigenvalue weighted by Gasteiger charge is -1.87.